The normalized spacial score (nSPS) is 11.2. The van der Waals surface area contributed by atoms with E-state index in [2.05, 4.69) is 31.1 Å². The largest absolute Gasteiger partial charge is 0.319 e. The van der Waals surface area contributed by atoms with E-state index in [0.717, 1.165) is 13.0 Å². The fourth-order valence-corrected chi connectivity index (χ4v) is 2.24. The van der Waals surface area contributed by atoms with E-state index in [9.17, 15) is 0 Å². The van der Waals surface area contributed by atoms with Crippen LogP contribution in [-0.2, 0) is 6.42 Å². The molecule has 1 aromatic rings. The lowest BCUT2D eigenvalue weighted by Crippen LogP contribution is -2.09. The molecule has 0 amide bonds. The van der Waals surface area contributed by atoms with Crippen molar-refractivity contribution in [3.8, 4) is 0 Å². The van der Waals surface area contributed by atoms with Crippen molar-refractivity contribution in [2.24, 2.45) is 0 Å². The van der Waals surface area contributed by atoms with E-state index in [1.165, 1.54) is 15.6 Å². The zero-order chi connectivity index (χ0) is 9.84. The standard InChI is InChI=1S/C10H18N2S/c1-7(2)10-12-8(3)9(13-10)5-6-11-4/h7,11H,5-6H2,1-4H3. The molecule has 1 N–H and O–H groups in total. The fraction of sp³-hybridized carbons (Fsp3) is 0.700. The van der Waals surface area contributed by atoms with Crippen LogP contribution in [0.4, 0.5) is 0 Å². The highest BCUT2D eigenvalue weighted by atomic mass is 32.1. The minimum absolute atomic E-state index is 0.562. The second-order valence-corrected chi connectivity index (χ2v) is 4.68. The summed E-state index contributed by atoms with van der Waals surface area (Å²) in [6, 6.07) is 0. The van der Waals surface area contributed by atoms with Crippen LogP contribution in [0.25, 0.3) is 0 Å². The predicted molar refractivity (Wildman–Crippen MR) is 58.6 cm³/mol. The Bertz CT molecular complexity index is 266. The molecule has 0 saturated carbocycles. The van der Waals surface area contributed by atoms with Gasteiger partial charge < -0.3 is 5.32 Å². The number of likely N-dealkylation sites (N-methyl/N-ethyl adjacent to an activating group) is 1. The Balaban J connectivity index is 2.71. The topological polar surface area (TPSA) is 24.9 Å². The van der Waals surface area contributed by atoms with E-state index in [1.54, 1.807) is 0 Å². The molecule has 1 heterocycles. The first-order valence-electron chi connectivity index (χ1n) is 4.76. The molecule has 0 aliphatic rings. The highest BCUT2D eigenvalue weighted by Crippen LogP contribution is 2.24. The summed E-state index contributed by atoms with van der Waals surface area (Å²) >= 11 is 1.86. The molecule has 1 aromatic heterocycles. The number of aromatic nitrogens is 1. The van der Waals surface area contributed by atoms with Crippen molar-refractivity contribution in [3.05, 3.63) is 15.6 Å². The second kappa shape index (κ2) is 4.72. The molecule has 0 atom stereocenters. The van der Waals surface area contributed by atoms with Crippen LogP contribution in [0.3, 0.4) is 0 Å². The van der Waals surface area contributed by atoms with Crippen LogP contribution < -0.4 is 5.32 Å². The first kappa shape index (κ1) is 10.7. The van der Waals surface area contributed by atoms with E-state index in [1.807, 2.05) is 18.4 Å². The molecule has 0 saturated heterocycles. The summed E-state index contributed by atoms with van der Waals surface area (Å²) in [4.78, 5) is 5.98. The van der Waals surface area contributed by atoms with E-state index in [-0.39, 0.29) is 0 Å². The van der Waals surface area contributed by atoms with Crippen molar-refractivity contribution in [3.63, 3.8) is 0 Å². The summed E-state index contributed by atoms with van der Waals surface area (Å²) in [7, 11) is 1.99. The Morgan fingerprint density at radius 1 is 1.46 bits per heavy atom. The number of hydrogen-bond acceptors (Lipinski definition) is 3. The molecule has 0 aliphatic carbocycles. The van der Waals surface area contributed by atoms with Gasteiger partial charge in [-0.25, -0.2) is 4.98 Å². The summed E-state index contributed by atoms with van der Waals surface area (Å²) in [5.41, 5.74) is 1.21. The van der Waals surface area contributed by atoms with Crippen LogP contribution >= 0.6 is 11.3 Å². The summed E-state index contributed by atoms with van der Waals surface area (Å²) in [5.74, 6) is 0.562. The van der Waals surface area contributed by atoms with Gasteiger partial charge in [-0.2, -0.15) is 0 Å². The third-order valence-electron chi connectivity index (χ3n) is 2.01. The smallest absolute Gasteiger partial charge is 0.0956 e. The Hall–Kier alpha value is -0.410. The quantitative estimate of drug-likeness (QED) is 0.803. The SMILES string of the molecule is CNCCc1sc(C(C)C)nc1C. The average Bonchev–Trinajstić information content (AvgIpc) is 2.44. The van der Waals surface area contributed by atoms with Gasteiger partial charge in [-0.15, -0.1) is 11.3 Å². The fourth-order valence-electron chi connectivity index (χ4n) is 1.17. The maximum Gasteiger partial charge on any atom is 0.0956 e. The van der Waals surface area contributed by atoms with Gasteiger partial charge in [0, 0.05) is 10.8 Å². The highest BCUT2D eigenvalue weighted by Gasteiger charge is 2.09. The number of thiazole rings is 1. The number of aryl methyl sites for hydroxylation is 1. The Morgan fingerprint density at radius 3 is 2.62 bits per heavy atom. The molecule has 0 aromatic carbocycles. The maximum absolute atomic E-state index is 4.55. The molecule has 0 aliphatic heterocycles. The third-order valence-corrected chi connectivity index (χ3v) is 3.52. The lowest BCUT2D eigenvalue weighted by atomic mass is 10.2. The second-order valence-electron chi connectivity index (χ2n) is 3.57. The van der Waals surface area contributed by atoms with Gasteiger partial charge in [-0.1, -0.05) is 13.8 Å². The van der Waals surface area contributed by atoms with Crippen LogP contribution in [0.2, 0.25) is 0 Å². The number of nitrogens with one attached hydrogen (secondary N) is 1. The molecule has 2 nitrogen and oxygen atoms in total. The van der Waals surface area contributed by atoms with Crippen molar-refractivity contribution in [1.82, 2.24) is 10.3 Å². The van der Waals surface area contributed by atoms with Crippen molar-refractivity contribution >= 4 is 11.3 Å². The summed E-state index contributed by atoms with van der Waals surface area (Å²) in [6.07, 6.45) is 1.10. The average molecular weight is 198 g/mol. The molecule has 3 heteroatoms. The van der Waals surface area contributed by atoms with Gasteiger partial charge in [-0.05, 0) is 26.9 Å². The number of nitrogens with zero attached hydrogens (tertiary/aromatic N) is 1. The van der Waals surface area contributed by atoms with Crippen molar-refractivity contribution in [2.75, 3.05) is 13.6 Å². The van der Waals surface area contributed by atoms with Gasteiger partial charge in [0.1, 0.15) is 0 Å². The lowest BCUT2D eigenvalue weighted by molar-refractivity contribution is 0.793. The first-order valence-corrected chi connectivity index (χ1v) is 5.57. The molecular weight excluding hydrogens is 180 g/mol. The minimum atomic E-state index is 0.562. The molecule has 0 unspecified atom stereocenters. The van der Waals surface area contributed by atoms with E-state index >= 15 is 0 Å². The third kappa shape index (κ3) is 2.78. The van der Waals surface area contributed by atoms with Gasteiger partial charge in [0.15, 0.2) is 0 Å². The van der Waals surface area contributed by atoms with Gasteiger partial charge in [-0.3, -0.25) is 0 Å². The molecule has 0 spiro atoms. The zero-order valence-electron chi connectivity index (χ0n) is 8.85. The summed E-state index contributed by atoms with van der Waals surface area (Å²) < 4.78 is 0. The van der Waals surface area contributed by atoms with Gasteiger partial charge in [0.05, 0.1) is 10.7 Å². The molecule has 13 heavy (non-hydrogen) atoms. The van der Waals surface area contributed by atoms with Gasteiger partial charge in [0.25, 0.3) is 0 Å². The van der Waals surface area contributed by atoms with Crippen LogP contribution in [0.15, 0.2) is 0 Å². The molecule has 0 radical (unpaired) electrons. The van der Waals surface area contributed by atoms with E-state index < -0.39 is 0 Å². The Morgan fingerprint density at radius 2 is 2.15 bits per heavy atom. The highest BCUT2D eigenvalue weighted by molar-refractivity contribution is 7.11. The number of rotatable bonds is 4. The van der Waals surface area contributed by atoms with Crippen LogP contribution in [0.5, 0.6) is 0 Å². The summed E-state index contributed by atoms with van der Waals surface area (Å²) in [6.45, 7) is 7.54. The van der Waals surface area contributed by atoms with Crippen LogP contribution in [0, 0.1) is 6.92 Å². The first-order chi connectivity index (χ1) is 6.15. The Labute approximate surface area is 84.4 Å². The monoisotopic (exact) mass is 198 g/mol. The van der Waals surface area contributed by atoms with E-state index in [4.69, 9.17) is 0 Å². The predicted octanol–water partition coefficient (Wildman–Crippen LogP) is 2.34. The van der Waals surface area contributed by atoms with Gasteiger partial charge in [0.2, 0.25) is 0 Å². The summed E-state index contributed by atoms with van der Waals surface area (Å²) in [5, 5.41) is 4.43. The maximum atomic E-state index is 4.55. The molecule has 0 fully saturated rings. The lowest BCUT2D eigenvalue weighted by Gasteiger charge is -1.96. The zero-order valence-corrected chi connectivity index (χ0v) is 9.66. The molecule has 1 rings (SSSR count). The van der Waals surface area contributed by atoms with Gasteiger partial charge >= 0.3 is 0 Å². The molecule has 0 bridgehead atoms. The van der Waals surface area contributed by atoms with Crippen LogP contribution in [0.1, 0.15) is 35.3 Å². The molecule has 74 valence electrons. The van der Waals surface area contributed by atoms with Crippen LogP contribution in [-0.4, -0.2) is 18.6 Å². The van der Waals surface area contributed by atoms with Crippen molar-refractivity contribution in [2.45, 2.75) is 33.1 Å². The Kier molecular flexibility index (Phi) is 3.88. The molecular formula is C10H18N2S. The van der Waals surface area contributed by atoms with E-state index in [0.29, 0.717) is 5.92 Å². The number of hydrogen-bond donors (Lipinski definition) is 1. The minimum Gasteiger partial charge on any atom is -0.319 e. The van der Waals surface area contributed by atoms with Crippen molar-refractivity contribution in [1.29, 1.82) is 0 Å². The van der Waals surface area contributed by atoms with Crippen molar-refractivity contribution < 1.29 is 0 Å².